The highest BCUT2D eigenvalue weighted by molar-refractivity contribution is 5.67. The van der Waals surface area contributed by atoms with E-state index in [-0.39, 0.29) is 6.04 Å². The molecule has 5 heteroatoms. The largest absolute Gasteiger partial charge is 0.444 e. The fourth-order valence-electron chi connectivity index (χ4n) is 1.45. The Morgan fingerprint density at radius 1 is 1.60 bits per heavy atom. The summed E-state index contributed by atoms with van der Waals surface area (Å²) in [6.45, 7) is 6.20. The van der Waals surface area contributed by atoms with Crippen LogP contribution in [0.5, 0.6) is 0 Å². The highest BCUT2D eigenvalue weighted by Crippen LogP contribution is 2.10. The van der Waals surface area contributed by atoms with Crippen molar-refractivity contribution in [1.29, 1.82) is 0 Å². The molecule has 1 saturated heterocycles. The third kappa shape index (κ3) is 4.97. The van der Waals surface area contributed by atoms with Gasteiger partial charge >= 0.3 is 6.09 Å². The number of ether oxygens (including phenoxy) is 1. The maximum atomic E-state index is 12.8. The fourth-order valence-corrected chi connectivity index (χ4v) is 1.45. The van der Waals surface area contributed by atoms with Gasteiger partial charge in [-0.15, -0.1) is 0 Å². The quantitative estimate of drug-likeness (QED) is 0.732. The van der Waals surface area contributed by atoms with Crippen LogP contribution in [0.15, 0.2) is 0 Å². The highest BCUT2D eigenvalue weighted by atomic mass is 19.1. The van der Waals surface area contributed by atoms with Gasteiger partial charge in [-0.3, -0.25) is 0 Å². The lowest BCUT2D eigenvalue weighted by molar-refractivity contribution is 0.0523. The highest BCUT2D eigenvalue weighted by Gasteiger charge is 2.24. The molecule has 0 aromatic rings. The van der Waals surface area contributed by atoms with Crippen LogP contribution in [0.4, 0.5) is 9.18 Å². The SMILES string of the molecule is CC(C)(C)OC(=O)NCC1CC(F)CN1. The van der Waals surface area contributed by atoms with Crippen LogP contribution in [0.25, 0.3) is 0 Å². The number of halogens is 1. The van der Waals surface area contributed by atoms with Gasteiger partial charge in [0.15, 0.2) is 0 Å². The van der Waals surface area contributed by atoms with E-state index in [4.69, 9.17) is 4.74 Å². The summed E-state index contributed by atoms with van der Waals surface area (Å²) in [4.78, 5) is 11.2. The monoisotopic (exact) mass is 218 g/mol. The first-order chi connectivity index (χ1) is 6.87. The van der Waals surface area contributed by atoms with Gasteiger partial charge in [0, 0.05) is 19.1 Å². The second-order valence-corrected chi connectivity index (χ2v) is 4.82. The van der Waals surface area contributed by atoms with E-state index in [0.29, 0.717) is 19.5 Å². The van der Waals surface area contributed by atoms with E-state index in [1.807, 2.05) is 0 Å². The van der Waals surface area contributed by atoms with Crippen molar-refractivity contribution in [3.05, 3.63) is 0 Å². The van der Waals surface area contributed by atoms with Crippen molar-refractivity contribution >= 4 is 6.09 Å². The maximum absolute atomic E-state index is 12.8. The second-order valence-electron chi connectivity index (χ2n) is 4.82. The standard InChI is InChI=1S/C10H19FN2O2/c1-10(2,3)15-9(14)13-6-8-4-7(11)5-12-8/h7-8,12H,4-6H2,1-3H3,(H,13,14). The first-order valence-electron chi connectivity index (χ1n) is 5.21. The third-order valence-electron chi connectivity index (χ3n) is 2.06. The summed E-state index contributed by atoms with van der Waals surface area (Å²) in [5.74, 6) is 0. The summed E-state index contributed by atoms with van der Waals surface area (Å²) in [5.41, 5.74) is -0.490. The average Bonchev–Trinajstić information content (AvgIpc) is 2.45. The minimum absolute atomic E-state index is 0.0209. The maximum Gasteiger partial charge on any atom is 0.407 e. The normalized spacial score (nSPS) is 26.4. The lowest BCUT2D eigenvalue weighted by Gasteiger charge is -2.20. The predicted octanol–water partition coefficient (Wildman–Crippen LogP) is 1.21. The molecule has 0 aromatic heterocycles. The second kappa shape index (κ2) is 4.79. The molecule has 2 N–H and O–H groups in total. The number of carbonyl (C=O) groups is 1. The number of alkyl carbamates (subject to hydrolysis) is 1. The number of amides is 1. The molecule has 4 nitrogen and oxygen atoms in total. The fraction of sp³-hybridized carbons (Fsp3) is 0.900. The van der Waals surface area contributed by atoms with Gasteiger partial charge in [0.1, 0.15) is 11.8 Å². The number of alkyl halides is 1. The van der Waals surface area contributed by atoms with Crippen LogP contribution in [-0.4, -0.2) is 37.0 Å². The van der Waals surface area contributed by atoms with Crippen molar-refractivity contribution in [2.24, 2.45) is 0 Å². The molecule has 2 atom stereocenters. The zero-order valence-corrected chi connectivity index (χ0v) is 9.47. The van der Waals surface area contributed by atoms with Crippen LogP contribution in [-0.2, 0) is 4.74 Å². The number of hydrogen-bond acceptors (Lipinski definition) is 3. The molecule has 1 heterocycles. The zero-order valence-electron chi connectivity index (χ0n) is 9.47. The molecule has 88 valence electrons. The Morgan fingerprint density at radius 3 is 2.73 bits per heavy atom. The summed E-state index contributed by atoms with van der Waals surface area (Å²) >= 11 is 0. The van der Waals surface area contributed by atoms with Gasteiger partial charge in [-0.05, 0) is 27.2 Å². The van der Waals surface area contributed by atoms with Gasteiger partial charge in [-0.1, -0.05) is 0 Å². The van der Waals surface area contributed by atoms with Gasteiger partial charge in [0.2, 0.25) is 0 Å². The van der Waals surface area contributed by atoms with Gasteiger partial charge in [0.25, 0.3) is 0 Å². The molecular formula is C10H19FN2O2. The van der Waals surface area contributed by atoms with E-state index in [1.165, 1.54) is 0 Å². The van der Waals surface area contributed by atoms with E-state index in [0.717, 1.165) is 0 Å². The zero-order chi connectivity index (χ0) is 11.5. The Bertz CT molecular complexity index is 228. The third-order valence-corrected chi connectivity index (χ3v) is 2.06. The molecule has 0 bridgehead atoms. The smallest absolute Gasteiger partial charge is 0.407 e. The molecule has 0 radical (unpaired) electrons. The van der Waals surface area contributed by atoms with Crippen LogP contribution >= 0.6 is 0 Å². The van der Waals surface area contributed by atoms with Gasteiger partial charge in [0.05, 0.1) is 0 Å². The Balaban J connectivity index is 2.17. The number of hydrogen-bond donors (Lipinski definition) is 2. The van der Waals surface area contributed by atoms with Crippen molar-refractivity contribution < 1.29 is 13.9 Å². The first kappa shape index (κ1) is 12.2. The van der Waals surface area contributed by atoms with Gasteiger partial charge < -0.3 is 15.4 Å². The van der Waals surface area contributed by atoms with Crippen LogP contribution < -0.4 is 10.6 Å². The van der Waals surface area contributed by atoms with Crippen LogP contribution in [0.1, 0.15) is 27.2 Å². The van der Waals surface area contributed by atoms with Gasteiger partial charge in [-0.25, -0.2) is 9.18 Å². The lowest BCUT2D eigenvalue weighted by atomic mass is 10.2. The van der Waals surface area contributed by atoms with Gasteiger partial charge in [-0.2, -0.15) is 0 Å². The van der Waals surface area contributed by atoms with E-state index in [1.54, 1.807) is 20.8 Å². The molecule has 2 unspecified atom stereocenters. The van der Waals surface area contributed by atoms with E-state index in [2.05, 4.69) is 10.6 Å². The molecule has 0 aromatic carbocycles. The summed E-state index contributed by atoms with van der Waals surface area (Å²) in [6.07, 6.45) is -0.794. The first-order valence-corrected chi connectivity index (χ1v) is 5.21. The molecule has 1 aliphatic heterocycles. The number of carbonyl (C=O) groups excluding carboxylic acids is 1. The molecular weight excluding hydrogens is 199 g/mol. The summed E-state index contributed by atoms with van der Waals surface area (Å²) in [5, 5.41) is 5.59. The average molecular weight is 218 g/mol. The molecule has 1 amide bonds. The topological polar surface area (TPSA) is 50.4 Å². The summed E-state index contributed by atoms with van der Waals surface area (Å²) in [7, 11) is 0. The minimum atomic E-state index is -0.796. The predicted molar refractivity (Wildman–Crippen MR) is 55.5 cm³/mol. The Kier molecular flexibility index (Phi) is 3.90. The molecule has 0 aliphatic carbocycles. The lowest BCUT2D eigenvalue weighted by Crippen LogP contribution is -2.39. The molecule has 1 fully saturated rings. The molecule has 0 saturated carbocycles. The molecule has 1 rings (SSSR count). The molecule has 1 aliphatic rings. The Labute approximate surface area is 89.6 Å². The minimum Gasteiger partial charge on any atom is -0.444 e. The molecule has 0 spiro atoms. The number of nitrogens with one attached hydrogen (secondary N) is 2. The van der Waals surface area contributed by atoms with E-state index < -0.39 is 17.9 Å². The Hall–Kier alpha value is -0.840. The van der Waals surface area contributed by atoms with E-state index >= 15 is 0 Å². The van der Waals surface area contributed by atoms with Crippen molar-refractivity contribution in [1.82, 2.24) is 10.6 Å². The van der Waals surface area contributed by atoms with Crippen molar-refractivity contribution in [3.8, 4) is 0 Å². The van der Waals surface area contributed by atoms with Crippen LogP contribution in [0.3, 0.4) is 0 Å². The van der Waals surface area contributed by atoms with Crippen molar-refractivity contribution in [2.75, 3.05) is 13.1 Å². The summed E-state index contributed by atoms with van der Waals surface area (Å²) < 4.78 is 17.8. The summed E-state index contributed by atoms with van der Waals surface area (Å²) in [6, 6.07) is 0.0209. The van der Waals surface area contributed by atoms with Crippen molar-refractivity contribution in [2.45, 2.75) is 45.0 Å². The number of rotatable bonds is 2. The van der Waals surface area contributed by atoms with E-state index in [9.17, 15) is 9.18 Å². The van der Waals surface area contributed by atoms with Crippen LogP contribution in [0.2, 0.25) is 0 Å². The Morgan fingerprint density at radius 2 is 2.27 bits per heavy atom. The molecule has 15 heavy (non-hydrogen) atoms. The van der Waals surface area contributed by atoms with Crippen LogP contribution in [0, 0.1) is 0 Å². The van der Waals surface area contributed by atoms with Crippen molar-refractivity contribution in [3.63, 3.8) is 0 Å².